The van der Waals surface area contributed by atoms with Gasteiger partial charge in [0.1, 0.15) is 23.7 Å². The van der Waals surface area contributed by atoms with E-state index in [-0.39, 0.29) is 40.8 Å². The van der Waals surface area contributed by atoms with Crippen molar-refractivity contribution in [1.29, 1.82) is 0 Å². The van der Waals surface area contributed by atoms with Gasteiger partial charge in [-0.05, 0) is 38.3 Å². The molecule has 4 rings (SSSR count). The van der Waals surface area contributed by atoms with Crippen molar-refractivity contribution in [3.8, 4) is 5.69 Å². The number of imidazole rings is 1. The van der Waals surface area contributed by atoms with Crippen LogP contribution in [0.4, 0.5) is 4.39 Å². The summed E-state index contributed by atoms with van der Waals surface area (Å²) in [5.74, 6) is -1.57. The van der Waals surface area contributed by atoms with Gasteiger partial charge >= 0.3 is 5.69 Å². The lowest BCUT2D eigenvalue weighted by atomic mass is 10.1. The molecule has 1 saturated heterocycles. The van der Waals surface area contributed by atoms with Crippen molar-refractivity contribution in [1.82, 2.24) is 24.0 Å². The third-order valence-corrected chi connectivity index (χ3v) is 5.21. The lowest BCUT2D eigenvalue weighted by Crippen LogP contribution is -2.39. The Hall–Kier alpha value is -3.56. The van der Waals surface area contributed by atoms with Crippen molar-refractivity contribution in [3.05, 3.63) is 52.1 Å². The fourth-order valence-corrected chi connectivity index (χ4v) is 3.81. The molecule has 0 spiro atoms. The van der Waals surface area contributed by atoms with Crippen LogP contribution >= 0.6 is 0 Å². The Kier molecular flexibility index (Phi) is 5.06. The molecule has 0 atom stereocenters. The molecule has 0 saturated carbocycles. The molecule has 1 fully saturated rings. The Bertz CT molecular complexity index is 1210. The van der Waals surface area contributed by atoms with Gasteiger partial charge in [-0.1, -0.05) is 12.1 Å². The fourth-order valence-electron chi connectivity index (χ4n) is 3.81. The molecule has 10 heteroatoms. The number of benzene rings is 1. The molecule has 0 bridgehead atoms. The van der Waals surface area contributed by atoms with E-state index in [1.165, 1.54) is 25.1 Å². The minimum Gasteiger partial charge on any atom is -0.364 e. The number of nitrogens with two attached hydrogens (primary N) is 1. The first-order chi connectivity index (χ1) is 14.4. The topological polar surface area (TPSA) is 116 Å². The lowest BCUT2D eigenvalue weighted by Gasteiger charge is -2.26. The number of para-hydroxylation sites is 1. The SMILES string of the molecule is Cc1nc(C(N)=O)c2c(n1)n(-c1ccccc1F)c(=O)n2CC(=O)N1CCCCC1. The monoisotopic (exact) mass is 412 g/mol. The predicted molar refractivity (Wildman–Crippen MR) is 107 cm³/mol. The van der Waals surface area contributed by atoms with Crippen LogP contribution in [0.3, 0.4) is 0 Å². The van der Waals surface area contributed by atoms with Gasteiger partial charge in [0.2, 0.25) is 5.91 Å². The Labute approximate surface area is 170 Å². The Morgan fingerprint density at radius 2 is 1.83 bits per heavy atom. The van der Waals surface area contributed by atoms with E-state index in [2.05, 4.69) is 9.97 Å². The van der Waals surface area contributed by atoms with Crippen molar-refractivity contribution in [2.24, 2.45) is 5.73 Å². The van der Waals surface area contributed by atoms with Crippen molar-refractivity contribution in [2.75, 3.05) is 13.1 Å². The van der Waals surface area contributed by atoms with Gasteiger partial charge in [0.05, 0.1) is 5.69 Å². The number of fused-ring (bicyclic) bond motifs is 1. The summed E-state index contributed by atoms with van der Waals surface area (Å²) in [7, 11) is 0. The van der Waals surface area contributed by atoms with E-state index in [1.54, 1.807) is 11.0 Å². The van der Waals surface area contributed by atoms with Crippen LogP contribution in [0.1, 0.15) is 35.6 Å². The zero-order chi connectivity index (χ0) is 21.4. The average Bonchev–Trinajstić information content (AvgIpc) is 2.99. The van der Waals surface area contributed by atoms with Gasteiger partial charge in [0, 0.05) is 13.1 Å². The van der Waals surface area contributed by atoms with Crippen LogP contribution in [0.25, 0.3) is 16.9 Å². The zero-order valence-corrected chi connectivity index (χ0v) is 16.5. The molecule has 1 aromatic carbocycles. The van der Waals surface area contributed by atoms with E-state index in [4.69, 9.17) is 5.73 Å². The van der Waals surface area contributed by atoms with E-state index in [0.29, 0.717) is 13.1 Å². The normalized spacial score (nSPS) is 14.3. The highest BCUT2D eigenvalue weighted by Crippen LogP contribution is 2.21. The molecule has 1 aliphatic heterocycles. The molecule has 9 nitrogen and oxygen atoms in total. The van der Waals surface area contributed by atoms with Gasteiger partial charge in [-0.2, -0.15) is 0 Å². The highest BCUT2D eigenvalue weighted by Gasteiger charge is 2.27. The number of amides is 2. The molecule has 0 radical (unpaired) electrons. The smallest absolute Gasteiger partial charge is 0.335 e. The van der Waals surface area contributed by atoms with Crippen LogP contribution in [0.2, 0.25) is 0 Å². The first-order valence-electron chi connectivity index (χ1n) is 9.71. The van der Waals surface area contributed by atoms with Gasteiger partial charge in [0.15, 0.2) is 11.3 Å². The quantitative estimate of drug-likeness (QED) is 0.690. The van der Waals surface area contributed by atoms with Gasteiger partial charge < -0.3 is 10.6 Å². The summed E-state index contributed by atoms with van der Waals surface area (Å²) in [6, 6.07) is 5.72. The number of aromatic nitrogens is 4. The number of primary amides is 1. The maximum absolute atomic E-state index is 14.5. The Balaban J connectivity index is 1.96. The molecule has 30 heavy (non-hydrogen) atoms. The number of likely N-dealkylation sites (tertiary alicyclic amines) is 1. The maximum Gasteiger partial charge on any atom is 0.335 e. The number of piperidine rings is 1. The molecule has 3 heterocycles. The highest BCUT2D eigenvalue weighted by atomic mass is 19.1. The van der Waals surface area contributed by atoms with Gasteiger partial charge in [0.25, 0.3) is 5.91 Å². The number of nitrogens with zero attached hydrogens (tertiary/aromatic N) is 5. The number of carbonyl (C=O) groups excluding carboxylic acids is 2. The summed E-state index contributed by atoms with van der Waals surface area (Å²) < 4.78 is 16.7. The van der Waals surface area contributed by atoms with E-state index in [0.717, 1.165) is 28.4 Å². The minimum atomic E-state index is -0.865. The fraction of sp³-hybridized carbons (Fsp3) is 0.350. The minimum absolute atomic E-state index is 0.0201. The van der Waals surface area contributed by atoms with E-state index in [1.807, 2.05) is 0 Å². The van der Waals surface area contributed by atoms with Gasteiger partial charge in [-0.15, -0.1) is 0 Å². The summed E-state index contributed by atoms with van der Waals surface area (Å²) in [5, 5.41) is 0. The molecular formula is C20H21FN6O3. The summed E-state index contributed by atoms with van der Waals surface area (Å²) >= 11 is 0. The molecule has 0 aliphatic carbocycles. The standard InChI is InChI=1S/C20H21FN6O3/c1-12-23-16(18(22)29)17-19(24-12)27(14-8-4-3-7-13(14)21)20(30)26(17)11-15(28)25-9-5-2-6-10-25/h3-4,7-8H,2,5-6,9-11H2,1H3,(H2,22,29). The van der Waals surface area contributed by atoms with Crippen LogP contribution in [0.15, 0.2) is 29.1 Å². The second kappa shape index (κ2) is 7.69. The van der Waals surface area contributed by atoms with Gasteiger partial charge in [-0.3, -0.25) is 14.2 Å². The predicted octanol–water partition coefficient (Wildman–Crippen LogP) is 1.14. The largest absolute Gasteiger partial charge is 0.364 e. The van der Waals surface area contributed by atoms with E-state index < -0.39 is 17.4 Å². The Morgan fingerprint density at radius 3 is 2.50 bits per heavy atom. The van der Waals surface area contributed by atoms with Crippen LogP contribution in [0, 0.1) is 12.7 Å². The third kappa shape index (κ3) is 3.34. The molecule has 1 aliphatic rings. The molecular weight excluding hydrogens is 391 g/mol. The average molecular weight is 412 g/mol. The molecule has 156 valence electrons. The number of hydrogen-bond acceptors (Lipinski definition) is 5. The highest BCUT2D eigenvalue weighted by molar-refractivity contribution is 6.02. The van der Waals surface area contributed by atoms with Crippen LogP contribution in [-0.4, -0.2) is 48.9 Å². The number of aryl methyl sites for hydroxylation is 1. The molecule has 0 unspecified atom stereocenters. The van der Waals surface area contributed by atoms with E-state index in [9.17, 15) is 18.8 Å². The summed E-state index contributed by atoms with van der Waals surface area (Å²) in [4.78, 5) is 48.3. The molecule has 2 aromatic heterocycles. The van der Waals surface area contributed by atoms with Crippen molar-refractivity contribution in [3.63, 3.8) is 0 Å². The summed E-state index contributed by atoms with van der Waals surface area (Å²) in [6.45, 7) is 2.44. The molecule has 3 aromatic rings. The molecule has 2 amide bonds. The zero-order valence-electron chi connectivity index (χ0n) is 16.5. The number of halogens is 1. The first kappa shape index (κ1) is 19.7. The van der Waals surface area contributed by atoms with Gasteiger partial charge in [-0.25, -0.2) is 23.7 Å². The summed E-state index contributed by atoms with van der Waals surface area (Å²) in [6.07, 6.45) is 2.84. The van der Waals surface area contributed by atoms with Crippen LogP contribution in [-0.2, 0) is 11.3 Å². The lowest BCUT2D eigenvalue weighted by molar-refractivity contribution is -0.132. The number of rotatable bonds is 4. The van der Waals surface area contributed by atoms with Crippen molar-refractivity contribution >= 4 is 23.0 Å². The number of carbonyl (C=O) groups is 2. The third-order valence-electron chi connectivity index (χ3n) is 5.21. The first-order valence-corrected chi connectivity index (χ1v) is 9.71. The molecule has 2 N–H and O–H groups in total. The van der Waals surface area contributed by atoms with Crippen LogP contribution < -0.4 is 11.4 Å². The van der Waals surface area contributed by atoms with Crippen molar-refractivity contribution < 1.29 is 14.0 Å². The van der Waals surface area contributed by atoms with E-state index >= 15 is 0 Å². The second-order valence-corrected chi connectivity index (χ2v) is 7.25. The number of hydrogen-bond donors (Lipinski definition) is 1. The summed E-state index contributed by atoms with van der Waals surface area (Å²) in [5.41, 5.74) is 4.63. The van der Waals surface area contributed by atoms with Crippen molar-refractivity contribution in [2.45, 2.75) is 32.7 Å². The second-order valence-electron chi connectivity index (χ2n) is 7.25. The Morgan fingerprint density at radius 1 is 1.13 bits per heavy atom. The van der Waals surface area contributed by atoms with Crippen LogP contribution in [0.5, 0.6) is 0 Å². The maximum atomic E-state index is 14.5.